The van der Waals surface area contributed by atoms with Gasteiger partial charge in [0.2, 0.25) is 11.9 Å². The zero-order valence-corrected chi connectivity index (χ0v) is 10.5. The fraction of sp³-hybridized carbons (Fsp3) is 0.750. The summed E-state index contributed by atoms with van der Waals surface area (Å²) in [7, 11) is 0. The molecular formula is C12H19N5O. The second kappa shape index (κ2) is 4.96. The predicted molar refractivity (Wildman–Crippen MR) is 68.5 cm³/mol. The van der Waals surface area contributed by atoms with E-state index < -0.39 is 0 Å². The summed E-state index contributed by atoms with van der Waals surface area (Å²) < 4.78 is 5.57. The topological polar surface area (TPSA) is 77.2 Å². The van der Waals surface area contributed by atoms with E-state index in [0.29, 0.717) is 18.6 Å². The third-order valence-electron chi connectivity index (χ3n) is 3.46. The first-order chi connectivity index (χ1) is 8.81. The molecule has 1 saturated carbocycles. The van der Waals surface area contributed by atoms with Gasteiger partial charge in [-0.15, -0.1) is 0 Å². The van der Waals surface area contributed by atoms with Crippen LogP contribution in [0.4, 0.5) is 11.9 Å². The van der Waals surface area contributed by atoms with Gasteiger partial charge in [-0.3, -0.25) is 0 Å². The molecule has 6 heteroatoms. The zero-order valence-electron chi connectivity index (χ0n) is 10.5. The number of rotatable bonds is 5. The summed E-state index contributed by atoms with van der Waals surface area (Å²) in [6.45, 7) is 2.66. The number of nitrogens with two attached hydrogens (primary N) is 1. The van der Waals surface area contributed by atoms with Crippen molar-refractivity contribution in [3.05, 3.63) is 0 Å². The highest BCUT2D eigenvalue weighted by Crippen LogP contribution is 2.32. The predicted octanol–water partition coefficient (Wildman–Crippen LogP) is 1.23. The van der Waals surface area contributed by atoms with Crippen molar-refractivity contribution in [2.45, 2.75) is 32.1 Å². The molecule has 1 aromatic rings. The maximum atomic E-state index is 5.70. The number of hydrogen-bond acceptors (Lipinski definition) is 6. The zero-order chi connectivity index (χ0) is 12.4. The Morgan fingerprint density at radius 2 is 1.94 bits per heavy atom. The van der Waals surface area contributed by atoms with E-state index in [1.54, 1.807) is 0 Å². The van der Waals surface area contributed by atoms with Crippen molar-refractivity contribution in [3.8, 4) is 6.01 Å². The molecule has 1 aromatic heterocycles. The number of nitrogens with zero attached hydrogens (tertiary/aromatic N) is 4. The van der Waals surface area contributed by atoms with Gasteiger partial charge in [0.15, 0.2) is 0 Å². The van der Waals surface area contributed by atoms with Gasteiger partial charge in [0.05, 0.1) is 6.61 Å². The van der Waals surface area contributed by atoms with E-state index in [1.807, 2.05) is 0 Å². The molecule has 0 unspecified atom stereocenters. The van der Waals surface area contributed by atoms with Crippen LogP contribution in [0.25, 0.3) is 0 Å². The van der Waals surface area contributed by atoms with Crippen molar-refractivity contribution < 1.29 is 4.74 Å². The molecule has 1 aliphatic heterocycles. The van der Waals surface area contributed by atoms with Gasteiger partial charge >= 0.3 is 6.01 Å². The van der Waals surface area contributed by atoms with Crippen LogP contribution in [-0.2, 0) is 0 Å². The highest BCUT2D eigenvalue weighted by Gasteiger charge is 2.21. The fourth-order valence-electron chi connectivity index (χ4n) is 2.21. The second-order valence-electron chi connectivity index (χ2n) is 5.05. The smallest absolute Gasteiger partial charge is 0.323 e. The van der Waals surface area contributed by atoms with Crippen molar-refractivity contribution in [3.63, 3.8) is 0 Å². The largest absolute Gasteiger partial charge is 0.463 e. The van der Waals surface area contributed by atoms with Gasteiger partial charge in [0.1, 0.15) is 0 Å². The Morgan fingerprint density at radius 3 is 2.67 bits per heavy atom. The summed E-state index contributed by atoms with van der Waals surface area (Å²) in [5.74, 6) is 1.75. The van der Waals surface area contributed by atoms with E-state index in [4.69, 9.17) is 10.5 Å². The summed E-state index contributed by atoms with van der Waals surface area (Å²) in [6.07, 6.45) is 6.13. The maximum Gasteiger partial charge on any atom is 0.323 e. The molecule has 3 rings (SSSR count). The van der Waals surface area contributed by atoms with Gasteiger partial charge in [0, 0.05) is 13.1 Å². The highest BCUT2D eigenvalue weighted by molar-refractivity contribution is 5.36. The van der Waals surface area contributed by atoms with Crippen LogP contribution >= 0.6 is 0 Å². The van der Waals surface area contributed by atoms with Crippen LogP contribution in [0.1, 0.15) is 32.1 Å². The van der Waals surface area contributed by atoms with E-state index in [9.17, 15) is 0 Å². The summed E-state index contributed by atoms with van der Waals surface area (Å²) in [5.41, 5.74) is 5.70. The Kier molecular flexibility index (Phi) is 3.17. The Bertz CT molecular complexity index is 415. The Balaban J connectivity index is 1.64. The molecule has 0 atom stereocenters. The molecule has 1 saturated heterocycles. The molecule has 0 amide bonds. The second-order valence-corrected chi connectivity index (χ2v) is 5.05. The summed E-state index contributed by atoms with van der Waals surface area (Å²) >= 11 is 0. The summed E-state index contributed by atoms with van der Waals surface area (Å²) in [6, 6.07) is 0.366. The molecule has 2 aliphatic rings. The van der Waals surface area contributed by atoms with E-state index in [1.165, 1.54) is 25.7 Å². The molecule has 2 heterocycles. The van der Waals surface area contributed by atoms with Crippen LogP contribution in [0.2, 0.25) is 0 Å². The molecule has 1 aliphatic carbocycles. The number of aromatic nitrogens is 3. The molecular weight excluding hydrogens is 230 g/mol. The van der Waals surface area contributed by atoms with Gasteiger partial charge < -0.3 is 15.4 Å². The lowest BCUT2D eigenvalue weighted by Crippen LogP contribution is -2.21. The number of anilines is 2. The lowest BCUT2D eigenvalue weighted by atomic mass is 10.3. The molecule has 6 nitrogen and oxygen atoms in total. The molecule has 0 bridgehead atoms. The van der Waals surface area contributed by atoms with Crippen LogP contribution in [0.15, 0.2) is 0 Å². The molecule has 2 N–H and O–H groups in total. The van der Waals surface area contributed by atoms with Gasteiger partial charge in [0.25, 0.3) is 0 Å². The van der Waals surface area contributed by atoms with E-state index in [2.05, 4.69) is 19.9 Å². The van der Waals surface area contributed by atoms with E-state index in [-0.39, 0.29) is 5.95 Å². The average Bonchev–Trinajstić information content (AvgIpc) is 3.01. The fourth-order valence-corrected chi connectivity index (χ4v) is 2.21. The lowest BCUT2D eigenvalue weighted by Gasteiger charge is -2.15. The Hall–Kier alpha value is -1.59. The first-order valence-corrected chi connectivity index (χ1v) is 6.70. The maximum absolute atomic E-state index is 5.70. The van der Waals surface area contributed by atoms with Crippen molar-refractivity contribution in [2.75, 3.05) is 30.3 Å². The van der Waals surface area contributed by atoms with Crippen LogP contribution in [0.3, 0.4) is 0 Å². The van der Waals surface area contributed by atoms with Crippen molar-refractivity contribution in [1.29, 1.82) is 0 Å². The Labute approximate surface area is 107 Å². The van der Waals surface area contributed by atoms with Crippen molar-refractivity contribution in [1.82, 2.24) is 15.0 Å². The lowest BCUT2D eigenvalue weighted by molar-refractivity contribution is 0.279. The summed E-state index contributed by atoms with van der Waals surface area (Å²) in [5, 5.41) is 0. The van der Waals surface area contributed by atoms with Gasteiger partial charge in [-0.25, -0.2) is 0 Å². The molecule has 0 radical (unpaired) electrons. The van der Waals surface area contributed by atoms with Crippen LogP contribution in [-0.4, -0.2) is 34.6 Å². The monoisotopic (exact) mass is 249 g/mol. The number of hydrogen-bond donors (Lipinski definition) is 1. The molecule has 0 aromatic carbocycles. The van der Waals surface area contributed by atoms with E-state index in [0.717, 1.165) is 25.4 Å². The Morgan fingerprint density at radius 1 is 1.17 bits per heavy atom. The molecule has 18 heavy (non-hydrogen) atoms. The summed E-state index contributed by atoms with van der Waals surface area (Å²) in [4.78, 5) is 14.7. The molecule has 98 valence electrons. The minimum absolute atomic E-state index is 0.244. The third-order valence-corrected chi connectivity index (χ3v) is 3.46. The first kappa shape index (κ1) is 11.5. The van der Waals surface area contributed by atoms with Crippen LogP contribution in [0, 0.1) is 5.92 Å². The van der Waals surface area contributed by atoms with Crippen molar-refractivity contribution >= 4 is 11.9 Å². The van der Waals surface area contributed by atoms with Crippen molar-refractivity contribution in [2.24, 2.45) is 5.92 Å². The van der Waals surface area contributed by atoms with Crippen LogP contribution in [0.5, 0.6) is 6.01 Å². The standard InChI is InChI=1S/C12H19N5O/c13-10-14-11(17-6-1-2-7-17)16-12(15-10)18-8-5-9-3-4-9/h9H,1-8H2,(H2,13,14,15,16). The van der Waals surface area contributed by atoms with E-state index >= 15 is 0 Å². The quantitative estimate of drug-likeness (QED) is 0.845. The van der Waals surface area contributed by atoms with Crippen LogP contribution < -0.4 is 15.4 Å². The van der Waals surface area contributed by atoms with Gasteiger partial charge in [-0.05, 0) is 25.2 Å². The SMILES string of the molecule is Nc1nc(OCCC2CC2)nc(N2CCCC2)n1. The first-order valence-electron chi connectivity index (χ1n) is 6.70. The third kappa shape index (κ3) is 2.80. The highest BCUT2D eigenvalue weighted by atomic mass is 16.5. The number of nitrogen functional groups attached to an aromatic ring is 1. The minimum atomic E-state index is 0.244. The normalized spacial score (nSPS) is 19.2. The minimum Gasteiger partial charge on any atom is -0.463 e. The molecule has 0 spiro atoms. The number of ether oxygens (including phenoxy) is 1. The average molecular weight is 249 g/mol. The van der Waals surface area contributed by atoms with Gasteiger partial charge in [-0.2, -0.15) is 15.0 Å². The molecule has 2 fully saturated rings. The van der Waals surface area contributed by atoms with Gasteiger partial charge in [-0.1, -0.05) is 12.8 Å².